The van der Waals surface area contributed by atoms with Crippen molar-refractivity contribution in [3.63, 3.8) is 0 Å². The van der Waals surface area contributed by atoms with Crippen LogP contribution in [0.25, 0.3) is 10.2 Å². The minimum absolute atomic E-state index is 0.438. The van der Waals surface area contributed by atoms with Crippen LogP contribution in [0.2, 0.25) is 5.02 Å². The second-order valence-corrected chi connectivity index (χ2v) is 7.59. The Morgan fingerprint density at radius 2 is 2.05 bits per heavy atom. The number of benzene rings is 2. The summed E-state index contributed by atoms with van der Waals surface area (Å²) in [5.74, 6) is 0. The Bertz CT molecular complexity index is 767. The van der Waals surface area contributed by atoms with Crippen LogP contribution in [0.4, 0.5) is 0 Å². The van der Waals surface area contributed by atoms with E-state index in [-0.39, 0.29) is 0 Å². The lowest BCUT2D eigenvalue weighted by atomic mass is 9.93. The molecule has 1 N–H and O–H groups in total. The fourth-order valence-electron chi connectivity index (χ4n) is 2.31. The lowest BCUT2D eigenvalue weighted by Crippen LogP contribution is -2.24. The molecule has 0 aliphatic carbocycles. The lowest BCUT2D eigenvalue weighted by Gasteiger charge is -2.24. The second-order valence-electron chi connectivity index (χ2n) is 5.15. The van der Waals surface area contributed by atoms with Gasteiger partial charge in [0.1, 0.15) is 0 Å². The summed E-state index contributed by atoms with van der Waals surface area (Å²) >= 11 is 11.2. The highest BCUT2D eigenvalue weighted by Gasteiger charge is 2.27. The number of rotatable bonds is 3. The summed E-state index contributed by atoms with van der Waals surface area (Å²) in [6, 6.07) is 13.5. The Labute approximate surface area is 140 Å². The van der Waals surface area contributed by atoms with Crippen molar-refractivity contribution >= 4 is 49.1 Å². The number of hydrogen-bond donors (Lipinski definition) is 1. The van der Waals surface area contributed by atoms with E-state index < -0.39 is 5.60 Å². The van der Waals surface area contributed by atoms with Crippen LogP contribution < -0.4 is 0 Å². The first kappa shape index (κ1) is 15.0. The number of hydrogen-bond acceptors (Lipinski definition) is 3. The van der Waals surface area contributed by atoms with E-state index in [0.29, 0.717) is 17.0 Å². The molecule has 5 heteroatoms. The highest BCUT2D eigenvalue weighted by Crippen LogP contribution is 2.34. The molecule has 1 unspecified atom stereocenters. The van der Waals surface area contributed by atoms with Crippen LogP contribution in [0.5, 0.6) is 0 Å². The Hall–Kier alpha value is -0.940. The molecule has 0 radical (unpaired) electrons. The van der Waals surface area contributed by atoms with Crippen molar-refractivity contribution in [2.45, 2.75) is 18.9 Å². The van der Waals surface area contributed by atoms with E-state index in [1.165, 1.54) is 0 Å². The van der Waals surface area contributed by atoms with Gasteiger partial charge in [-0.05, 0) is 31.2 Å². The molecule has 0 fully saturated rings. The zero-order valence-electron chi connectivity index (χ0n) is 11.3. The molecule has 108 valence electrons. The summed E-state index contributed by atoms with van der Waals surface area (Å²) < 4.78 is 2.03. The number of nitrogens with zero attached hydrogens (tertiary/aromatic N) is 1. The van der Waals surface area contributed by atoms with Gasteiger partial charge in [-0.2, -0.15) is 0 Å². The molecule has 1 aromatic heterocycles. The van der Waals surface area contributed by atoms with Crippen LogP contribution in [0.15, 0.2) is 46.9 Å². The monoisotopic (exact) mass is 381 g/mol. The van der Waals surface area contributed by atoms with Gasteiger partial charge >= 0.3 is 0 Å². The van der Waals surface area contributed by atoms with Crippen molar-refractivity contribution in [3.8, 4) is 0 Å². The summed E-state index contributed by atoms with van der Waals surface area (Å²) in [7, 11) is 0. The number of fused-ring (bicyclic) bond motifs is 1. The Kier molecular flexibility index (Phi) is 4.06. The van der Waals surface area contributed by atoms with Gasteiger partial charge in [-0.3, -0.25) is 0 Å². The Balaban J connectivity index is 1.94. The minimum Gasteiger partial charge on any atom is -0.385 e. The molecule has 0 saturated heterocycles. The molecular formula is C16H13BrClNOS. The van der Waals surface area contributed by atoms with Crippen LogP contribution in [-0.4, -0.2) is 10.1 Å². The smallest absolute Gasteiger partial charge is 0.0970 e. The van der Waals surface area contributed by atoms with Crippen molar-refractivity contribution in [3.05, 3.63) is 62.5 Å². The van der Waals surface area contributed by atoms with Gasteiger partial charge < -0.3 is 5.11 Å². The number of aliphatic hydroxyl groups is 1. The SMILES string of the molecule is CC(O)(Cc1nc2ccccc2s1)c1ccc(Br)cc1Cl. The summed E-state index contributed by atoms with van der Waals surface area (Å²) in [5.41, 5.74) is 0.632. The second kappa shape index (κ2) is 5.69. The van der Waals surface area contributed by atoms with E-state index in [1.807, 2.05) is 36.4 Å². The van der Waals surface area contributed by atoms with E-state index in [2.05, 4.69) is 20.9 Å². The predicted octanol–water partition coefficient (Wildman–Crippen LogP) is 5.16. The minimum atomic E-state index is -1.05. The average molecular weight is 383 g/mol. The first-order valence-electron chi connectivity index (χ1n) is 6.48. The van der Waals surface area contributed by atoms with Crippen molar-refractivity contribution in [2.75, 3.05) is 0 Å². The van der Waals surface area contributed by atoms with Crippen LogP contribution in [0.3, 0.4) is 0 Å². The Morgan fingerprint density at radius 3 is 2.76 bits per heavy atom. The highest BCUT2D eigenvalue weighted by atomic mass is 79.9. The predicted molar refractivity (Wildman–Crippen MR) is 92.0 cm³/mol. The largest absolute Gasteiger partial charge is 0.385 e. The topological polar surface area (TPSA) is 33.1 Å². The van der Waals surface area contributed by atoms with Crippen LogP contribution in [-0.2, 0) is 12.0 Å². The van der Waals surface area contributed by atoms with Gasteiger partial charge in [0.15, 0.2) is 0 Å². The number of aromatic nitrogens is 1. The first-order chi connectivity index (χ1) is 9.95. The summed E-state index contributed by atoms with van der Waals surface area (Å²) in [4.78, 5) is 4.58. The van der Waals surface area contributed by atoms with Gasteiger partial charge in [0.25, 0.3) is 0 Å². The highest BCUT2D eigenvalue weighted by molar-refractivity contribution is 9.10. The molecule has 0 aliphatic rings. The average Bonchev–Trinajstić information content (AvgIpc) is 2.79. The van der Waals surface area contributed by atoms with Crippen molar-refractivity contribution in [1.82, 2.24) is 4.98 Å². The number of halogens is 2. The Morgan fingerprint density at radius 1 is 1.29 bits per heavy atom. The fraction of sp³-hybridized carbons (Fsp3) is 0.188. The summed E-state index contributed by atoms with van der Waals surface area (Å²) in [5, 5.41) is 12.3. The first-order valence-corrected chi connectivity index (χ1v) is 8.47. The summed E-state index contributed by atoms with van der Waals surface area (Å²) in [6.07, 6.45) is 0.438. The maximum absolute atomic E-state index is 10.8. The summed E-state index contributed by atoms with van der Waals surface area (Å²) in [6.45, 7) is 1.77. The third-order valence-corrected chi connectivity index (χ3v) is 5.19. The zero-order valence-corrected chi connectivity index (χ0v) is 14.5. The van der Waals surface area contributed by atoms with E-state index in [4.69, 9.17) is 11.6 Å². The molecule has 3 rings (SSSR count). The lowest BCUT2D eigenvalue weighted by molar-refractivity contribution is 0.0577. The third kappa shape index (κ3) is 3.14. The normalized spacial score (nSPS) is 14.3. The molecule has 21 heavy (non-hydrogen) atoms. The van der Waals surface area contributed by atoms with Gasteiger partial charge in [0.05, 0.1) is 20.8 Å². The van der Waals surface area contributed by atoms with Gasteiger partial charge in [0, 0.05) is 21.5 Å². The molecule has 2 nitrogen and oxygen atoms in total. The maximum Gasteiger partial charge on any atom is 0.0970 e. The van der Waals surface area contributed by atoms with E-state index in [9.17, 15) is 5.11 Å². The van der Waals surface area contributed by atoms with Gasteiger partial charge in [0.2, 0.25) is 0 Å². The van der Waals surface area contributed by atoms with Crippen molar-refractivity contribution in [1.29, 1.82) is 0 Å². The van der Waals surface area contributed by atoms with Gasteiger partial charge in [-0.1, -0.05) is 45.7 Å². The van der Waals surface area contributed by atoms with E-state index in [1.54, 1.807) is 24.3 Å². The van der Waals surface area contributed by atoms with E-state index in [0.717, 1.165) is 19.7 Å². The van der Waals surface area contributed by atoms with Crippen LogP contribution in [0, 0.1) is 0 Å². The standard InChI is InChI=1S/C16H13BrClNOS/c1-16(20,11-7-6-10(17)8-12(11)18)9-15-19-13-4-2-3-5-14(13)21-15/h2-8,20H,9H2,1H3. The fourth-order valence-corrected chi connectivity index (χ4v) is 4.30. The number of para-hydroxylation sites is 1. The molecule has 1 atom stereocenters. The third-order valence-electron chi connectivity index (χ3n) is 3.34. The molecule has 2 aromatic carbocycles. The maximum atomic E-state index is 10.8. The van der Waals surface area contributed by atoms with E-state index >= 15 is 0 Å². The van der Waals surface area contributed by atoms with Crippen molar-refractivity contribution < 1.29 is 5.11 Å². The molecule has 3 aromatic rings. The molecule has 0 bridgehead atoms. The molecule has 0 saturated carbocycles. The molecule has 1 heterocycles. The zero-order chi connectivity index (χ0) is 15.0. The van der Waals surface area contributed by atoms with Gasteiger partial charge in [-0.25, -0.2) is 4.98 Å². The van der Waals surface area contributed by atoms with Gasteiger partial charge in [-0.15, -0.1) is 11.3 Å². The quantitative estimate of drug-likeness (QED) is 0.678. The van der Waals surface area contributed by atoms with Crippen molar-refractivity contribution in [2.24, 2.45) is 0 Å². The van der Waals surface area contributed by atoms with Crippen LogP contribution in [0.1, 0.15) is 17.5 Å². The molecule has 0 spiro atoms. The molecular weight excluding hydrogens is 370 g/mol. The molecule has 0 amide bonds. The van der Waals surface area contributed by atoms with Crippen LogP contribution >= 0.6 is 38.9 Å². The molecule has 0 aliphatic heterocycles. The number of thiazole rings is 1.